The van der Waals surface area contributed by atoms with Crippen molar-refractivity contribution in [1.29, 1.82) is 0 Å². The van der Waals surface area contributed by atoms with Crippen LogP contribution in [0.15, 0.2) is 58.3 Å². The van der Waals surface area contributed by atoms with E-state index in [0.29, 0.717) is 15.8 Å². The van der Waals surface area contributed by atoms with Crippen LogP contribution < -0.4 is 10.1 Å². The van der Waals surface area contributed by atoms with Crippen LogP contribution in [0.2, 0.25) is 0 Å². The number of benzene rings is 2. The van der Waals surface area contributed by atoms with Crippen LogP contribution in [0.1, 0.15) is 11.1 Å². The van der Waals surface area contributed by atoms with Crippen LogP contribution in [-0.2, 0) is 11.4 Å². The van der Waals surface area contributed by atoms with Crippen LogP contribution in [0, 0.1) is 0 Å². The van der Waals surface area contributed by atoms with Crippen molar-refractivity contribution in [3.8, 4) is 5.75 Å². The number of hydrogen-bond acceptors (Lipinski definition) is 6. The highest BCUT2D eigenvalue weighted by molar-refractivity contribution is 8.26. The standard InChI is InChI=1S/C19H17NO2S4/c1-24-12-25-16-9-5-3-7-14(16)11-22-15-8-4-2-6-13(15)10-17-18(21)20-19(23)26-17/h2-10H,11-12H2,1H3,(H,20,21,23). The Bertz CT molecular complexity index is 851. The van der Waals surface area contributed by atoms with E-state index in [-0.39, 0.29) is 5.91 Å². The molecule has 0 saturated carbocycles. The number of nitrogens with one attached hydrogen (secondary N) is 1. The molecule has 1 aliphatic heterocycles. The Balaban J connectivity index is 1.77. The number of thiocarbonyl (C=S) groups is 1. The molecule has 134 valence electrons. The lowest BCUT2D eigenvalue weighted by atomic mass is 10.2. The Labute approximate surface area is 171 Å². The van der Waals surface area contributed by atoms with Crippen molar-refractivity contribution in [3.63, 3.8) is 0 Å². The van der Waals surface area contributed by atoms with Gasteiger partial charge in [0.05, 0.1) is 4.91 Å². The predicted octanol–water partition coefficient (Wildman–Crippen LogP) is 5.17. The Kier molecular flexibility index (Phi) is 7.07. The fourth-order valence-electron chi connectivity index (χ4n) is 2.34. The van der Waals surface area contributed by atoms with Crippen LogP contribution in [0.25, 0.3) is 6.08 Å². The summed E-state index contributed by atoms with van der Waals surface area (Å²) >= 11 is 9.93. The molecule has 26 heavy (non-hydrogen) atoms. The lowest BCUT2D eigenvalue weighted by Gasteiger charge is -2.12. The molecule has 3 nitrogen and oxygen atoms in total. The van der Waals surface area contributed by atoms with E-state index in [0.717, 1.165) is 22.0 Å². The maximum atomic E-state index is 11.9. The van der Waals surface area contributed by atoms with Crippen molar-refractivity contribution in [1.82, 2.24) is 5.32 Å². The molecule has 0 radical (unpaired) electrons. The van der Waals surface area contributed by atoms with Crippen LogP contribution in [-0.4, -0.2) is 21.6 Å². The smallest absolute Gasteiger partial charge is 0.263 e. The van der Waals surface area contributed by atoms with Gasteiger partial charge in [0.25, 0.3) is 5.91 Å². The lowest BCUT2D eigenvalue weighted by Crippen LogP contribution is -2.17. The fourth-order valence-corrected chi connectivity index (χ4v) is 4.84. The van der Waals surface area contributed by atoms with E-state index in [4.69, 9.17) is 17.0 Å². The van der Waals surface area contributed by atoms with E-state index in [2.05, 4.69) is 23.7 Å². The van der Waals surface area contributed by atoms with Gasteiger partial charge < -0.3 is 10.1 Å². The molecule has 0 aliphatic carbocycles. The third-order valence-corrected chi connectivity index (χ3v) is 6.82. The topological polar surface area (TPSA) is 38.3 Å². The molecule has 0 aromatic heterocycles. The highest BCUT2D eigenvalue weighted by Gasteiger charge is 2.22. The summed E-state index contributed by atoms with van der Waals surface area (Å²) in [6.07, 6.45) is 3.92. The molecule has 1 amide bonds. The lowest BCUT2D eigenvalue weighted by molar-refractivity contribution is -0.115. The van der Waals surface area contributed by atoms with Gasteiger partial charge >= 0.3 is 0 Å². The van der Waals surface area contributed by atoms with Gasteiger partial charge in [0.1, 0.15) is 16.7 Å². The van der Waals surface area contributed by atoms with E-state index < -0.39 is 0 Å². The Morgan fingerprint density at radius 2 is 1.96 bits per heavy atom. The number of thioether (sulfide) groups is 3. The average Bonchev–Trinajstić information content (AvgIpc) is 2.97. The van der Waals surface area contributed by atoms with Crippen molar-refractivity contribution < 1.29 is 9.53 Å². The van der Waals surface area contributed by atoms with E-state index in [1.807, 2.05) is 54.2 Å². The van der Waals surface area contributed by atoms with Gasteiger partial charge in [-0.15, -0.1) is 11.8 Å². The Morgan fingerprint density at radius 1 is 1.19 bits per heavy atom. The zero-order chi connectivity index (χ0) is 18.4. The minimum atomic E-state index is -0.159. The number of hydrogen-bond donors (Lipinski definition) is 1. The van der Waals surface area contributed by atoms with Crippen LogP contribution in [0.4, 0.5) is 0 Å². The molecule has 0 atom stereocenters. The third kappa shape index (κ3) is 5.07. The number of rotatable bonds is 7. The van der Waals surface area contributed by atoms with Gasteiger partial charge in [-0.2, -0.15) is 11.8 Å². The first-order valence-electron chi connectivity index (χ1n) is 7.83. The number of carbonyl (C=O) groups excluding carboxylic acids is 1. The molecular weight excluding hydrogens is 402 g/mol. The molecule has 3 rings (SSSR count). The van der Waals surface area contributed by atoms with Crippen molar-refractivity contribution in [2.75, 3.05) is 11.3 Å². The van der Waals surface area contributed by atoms with Gasteiger partial charge in [-0.25, -0.2) is 0 Å². The zero-order valence-electron chi connectivity index (χ0n) is 14.1. The largest absolute Gasteiger partial charge is 0.488 e. The van der Waals surface area contributed by atoms with Crippen molar-refractivity contribution in [3.05, 3.63) is 64.6 Å². The maximum absolute atomic E-state index is 11.9. The van der Waals surface area contributed by atoms with E-state index >= 15 is 0 Å². The molecule has 1 aliphatic rings. The number of carbonyl (C=O) groups is 1. The highest BCUT2D eigenvalue weighted by Crippen LogP contribution is 2.30. The summed E-state index contributed by atoms with van der Waals surface area (Å²) in [6, 6.07) is 16.0. The predicted molar refractivity (Wildman–Crippen MR) is 118 cm³/mol. The first-order valence-corrected chi connectivity index (χ1v) is 11.4. The van der Waals surface area contributed by atoms with Gasteiger partial charge in [0.2, 0.25) is 0 Å². The van der Waals surface area contributed by atoms with Crippen LogP contribution >= 0.6 is 47.5 Å². The molecule has 0 unspecified atom stereocenters. The van der Waals surface area contributed by atoms with Crippen LogP contribution in [0.5, 0.6) is 5.75 Å². The Hall–Kier alpha value is -1.41. The minimum absolute atomic E-state index is 0.159. The molecule has 1 fully saturated rings. The molecule has 2 aromatic carbocycles. The second kappa shape index (κ2) is 9.50. The molecule has 0 bridgehead atoms. The summed E-state index contributed by atoms with van der Waals surface area (Å²) in [4.78, 5) is 13.7. The van der Waals surface area contributed by atoms with Gasteiger partial charge in [-0.05, 0) is 24.5 Å². The SMILES string of the molecule is CSCSc1ccccc1COc1ccccc1C=C1SC(=S)NC1=O. The van der Waals surface area contributed by atoms with Gasteiger partial charge in [-0.1, -0.05) is 60.4 Å². The van der Waals surface area contributed by atoms with Crippen molar-refractivity contribution >= 4 is 63.8 Å². The summed E-state index contributed by atoms with van der Waals surface area (Å²) in [5.41, 5.74) is 2.02. The van der Waals surface area contributed by atoms with Gasteiger partial charge in [0.15, 0.2) is 0 Å². The second-order valence-electron chi connectivity index (χ2n) is 5.34. The highest BCUT2D eigenvalue weighted by atomic mass is 32.2. The Morgan fingerprint density at radius 3 is 2.73 bits per heavy atom. The summed E-state index contributed by atoms with van der Waals surface area (Å²) in [5.74, 6) is 0.588. The molecule has 1 saturated heterocycles. The quantitative estimate of drug-likeness (QED) is 0.289. The van der Waals surface area contributed by atoms with Gasteiger partial charge in [0, 0.05) is 21.1 Å². The summed E-state index contributed by atoms with van der Waals surface area (Å²) in [5, 5.41) is 3.64. The zero-order valence-corrected chi connectivity index (χ0v) is 17.3. The first-order chi connectivity index (χ1) is 12.7. The molecule has 1 N–H and O–H groups in total. The van der Waals surface area contributed by atoms with E-state index in [1.165, 1.54) is 16.7 Å². The number of ether oxygens (including phenoxy) is 1. The average molecular weight is 420 g/mol. The molecule has 7 heteroatoms. The van der Waals surface area contributed by atoms with E-state index in [9.17, 15) is 4.79 Å². The molecular formula is C19H17NO2S4. The molecule has 2 aromatic rings. The summed E-state index contributed by atoms with van der Waals surface area (Å²) < 4.78 is 6.56. The summed E-state index contributed by atoms with van der Waals surface area (Å²) in [7, 11) is 0. The normalized spacial score (nSPS) is 15.3. The molecule has 1 heterocycles. The summed E-state index contributed by atoms with van der Waals surface area (Å²) in [6.45, 7) is 0.482. The number of amides is 1. The van der Waals surface area contributed by atoms with Crippen molar-refractivity contribution in [2.45, 2.75) is 11.5 Å². The molecule has 0 spiro atoms. The monoisotopic (exact) mass is 419 g/mol. The first kappa shape index (κ1) is 19.4. The maximum Gasteiger partial charge on any atom is 0.263 e. The number of para-hydroxylation sites is 1. The minimum Gasteiger partial charge on any atom is -0.488 e. The van der Waals surface area contributed by atoms with Gasteiger partial charge in [-0.3, -0.25) is 4.79 Å². The second-order valence-corrected chi connectivity index (χ2v) is 9.30. The van der Waals surface area contributed by atoms with E-state index in [1.54, 1.807) is 11.8 Å². The van der Waals surface area contributed by atoms with Crippen molar-refractivity contribution in [2.24, 2.45) is 0 Å². The third-order valence-electron chi connectivity index (χ3n) is 3.54. The van der Waals surface area contributed by atoms with Crippen LogP contribution in [0.3, 0.4) is 0 Å². The fraction of sp³-hybridized carbons (Fsp3) is 0.158.